The molecule has 182 valence electrons. The monoisotopic (exact) mass is 481 g/mol. The van der Waals surface area contributed by atoms with Crippen molar-refractivity contribution in [1.82, 2.24) is 0 Å². The summed E-state index contributed by atoms with van der Waals surface area (Å²) < 4.78 is 4.79. The summed E-state index contributed by atoms with van der Waals surface area (Å²) in [7, 11) is 1.29. The molecule has 1 heterocycles. The predicted octanol–water partition coefficient (Wildman–Crippen LogP) is 4.29. The van der Waals surface area contributed by atoms with Crippen LogP contribution < -0.4 is 9.80 Å². The van der Waals surface area contributed by atoms with Crippen molar-refractivity contribution in [2.24, 2.45) is 0 Å². The number of hydrogen-bond donors (Lipinski definition) is 0. The van der Waals surface area contributed by atoms with Crippen LogP contribution in [0.3, 0.4) is 0 Å². The second kappa shape index (κ2) is 11.3. The lowest BCUT2D eigenvalue weighted by atomic mass is 9.97. The minimum atomic E-state index is -0.510. The molecule has 0 fully saturated rings. The Kier molecular flexibility index (Phi) is 7.76. The van der Waals surface area contributed by atoms with Crippen LogP contribution in [0.15, 0.2) is 72.8 Å². The third-order valence-corrected chi connectivity index (χ3v) is 6.28. The maximum absolute atomic E-state index is 13.4. The molecule has 3 aromatic rings. The number of ether oxygens (including phenoxy) is 1. The number of rotatable bonds is 7. The zero-order chi connectivity index (χ0) is 25.5. The highest BCUT2D eigenvalue weighted by molar-refractivity contribution is 6.09. The van der Waals surface area contributed by atoms with Crippen LogP contribution in [0.4, 0.5) is 11.4 Å². The molecule has 0 bridgehead atoms. The van der Waals surface area contributed by atoms with Crippen molar-refractivity contribution in [2.45, 2.75) is 25.7 Å². The van der Waals surface area contributed by atoms with E-state index in [0.717, 1.165) is 29.7 Å². The Morgan fingerprint density at radius 1 is 1.03 bits per heavy atom. The Hall–Kier alpha value is -4.44. The third kappa shape index (κ3) is 5.61. The normalized spacial score (nSPS) is 12.3. The van der Waals surface area contributed by atoms with Crippen molar-refractivity contribution < 1.29 is 19.1 Å². The second-order valence-electron chi connectivity index (χ2n) is 8.60. The van der Waals surface area contributed by atoms with E-state index in [-0.39, 0.29) is 18.4 Å². The summed E-state index contributed by atoms with van der Waals surface area (Å²) in [5.41, 5.74) is 4.41. The van der Waals surface area contributed by atoms with Gasteiger partial charge in [0.05, 0.1) is 18.7 Å². The number of esters is 1. The first-order valence-corrected chi connectivity index (χ1v) is 11.9. The summed E-state index contributed by atoms with van der Waals surface area (Å²) in [5, 5.41) is 8.95. The van der Waals surface area contributed by atoms with Gasteiger partial charge in [-0.2, -0.15) is 5.26 Å². The van der Waals surface area contributed by atoms with Crippen LogP contribution in [-0.4, -0.2) is 38.0 Å². The molecular formula is C29H27N3O4. The van der Waals surface area contributed by atoms with E-state index >= 15 is 0 Å². The fourth-order valence-corrected chi connectivity index (χ4v) is 4.36. The molecule has 0 aromatic heterocycles. The Labute approximate surface area is 210 Å². The summed E-state index contributed by atoms with van der Waals surface area (Å²) in [5.74, 6) is -0.793. The van der Waals surface area contributed by atoms with Gasteiger partial charge in [0, 0.05) is 29.9 Å². The number of fused-ring (bicyclic) bond motifs is 1. The lowest BCUT2D eigenvalue weighted by Crippen LogP contribution is -2.37. The zero-order valence-corrected chi connectivity index (χ0v) is 20.1. The highest BCUT2D eigenvalue weighted by atomic mass is 16.5. The molecule has 7 heteroatoms. The first kappa shape index (κ1) is 24.7. The molecule has 0 saturated heterocycles. The number of nitrogens with zero attached hydrogens (tertiary/aromatic N) is 3. The predicted molar refractivity (Wildman–Crippen MR) is 137 cm³/mol. The molecule has 0 aliphatic carbocycles. The number of amides is 2. The summed E-state index contributed by atoms with van der Waals surface area (Å²) in [6.45, 7) is 0.432. The minimum absolute atomic E-state index is 0.0241. The number of carbonyl (C=O) groups is 3. The first-order valence-electron chi connectivity index (χ1n) is 11.9. The maximum Gasteiger partial charge on any atom is 0.325 e. The molecule has 2 amide bonds. The molecule has 1 aliphatic heterocycles. The van der Waals surface area contributed by atoms with Gasteiger partial charge in [0.1, 0.15) is 6.54 Å². The summed E-state index contributed by atoms with van der Waals surface area (Å²) in [4.78, 5) is 41.7. The van der Waals surface area contributed by atoms with Crippen LogP contribution in [0.1, 0.15) is 39.9 Å². The van der Waals surface area contributed by atoms with Gasteiger partial charge in [0.25, 0.3) is 5.91 Å². The Bertz CT molecular complexity index is 1300. The van der Waals surface area contributed by atoms with Crippen molar-refractivity contribution in [3.63, 3.8) is 0 Å². The van der Waals surface area contributed by atoms with Crippen LogP contribution in [-0.2, 0) is 27.2 Å². The van der Waals surface area contributed by atoms with Crippen molar-refractivity contribution in [3.8, 4) is 6.07 Å². The molecule has 0 saturated carbocycles. The van der Waals surface area contributed by atoms with Gasteiger partial charge in [-0.15, -0.1) is 0 Å². The zero-order valence-electron chi connectivity index (χ0n) is 20.1. The van der Waals surface area contributed by atoms with Gasteiger partial charge in [-0.05, 0) is 72.9 Å². The van der Waals surface area contributed by atoms with E-state index < -0.39 is 5.97 Å². The highest BCUT2D eigenvalue weighted by Crippen LogP contribution is 2.30. The number of hydrogen-bond acceptors (Lipinski definition) is 5. The first-order chi connectivity index (χ1) is 17.5. The number of aryl methyl sites for hydroxylation is 2. The summed E-state index contributed by atoms with van der Waals surface area (Å²) in [6.07, 6.45) is 2.51. The molecule has 0 unspecified atom stereocenters. The van der Waals surface area contributed by atoms with E-state index in [1.807, 2.05) is 30.3 Å². The Balaban J connectivity index is 1.51. The standard InChI is InChI=1S/C29H27N3O4/c1-36-28(34)20-32(25-7-3-2-4-8-25)29(35)24-14-15-26-23(18-24)6-5-17-31(26)27(33)16-13-21-9-11-22(19-30)12-10-21/h2-4,7-12,14-15,18H,5-6,13,16-17,20H2,1H3. The number of anilines is 2. The lowest BCUT2D eigenvalue weighted by Gasteiger charge is -2.30. The average Bonchev–Trinajstić information content (AvgIpc) is 2.94. The Morgan fingerprint density at radius 3 is 2.47 bits per heavy atom. The molecule has 0 spiro atoms. The second-order valence-corrected chi connectivity index (χ2v) is 8.60. The van der Waals surface area contributed by atoms with Gasteiger partial charge < -0.3 is 9.64 Å². The van der Waals surface area contributed by atoms with E-state index in [4.69, 9.17) is 10.00 Å². The number of nitriles is 1. The van der Waals surface area contributed by atoms with Gasteiger partial charge >= 0.3 is 5.97 Å². The summed E-state index contributed by atoms with van der Waals surface area (Å²) in [6, 6.07) is 23.7. The Morgan fingerprint density at radius 2 is 1.78 bits per heavy atom. The average molecular weight is 482 g/mol. The van der Waals surface area contributed by atoms with Crippen molar-refractivity contribution in [3.05, 3.63) is 95.1 Å². The van der Waals surface area contributed by atoms with Crippen molar-refractivity contribution in [2.75, 3.05) is 30.0 Å². The van der Waals surface area contributed by atoms with Gasteiger partial charge in [0.2, 0.25) is 5.91 Å². The van der Waals surface area contributed by atoms with E-state index in [9.17, 15) is 14.4 Å². The lowest BCUT2D eigenvalue weighted by molar-refractivity contribution is -0.138. The molecule has 1 aliphatic rings. The number of carbonyl (C=O) groups excluding carboxylic acids is 3. The van der Waals surface area contributed by atoms with Crippen molar-refractivity contribution in [1.29, 1.82) is 5.26 Å². The largest absolute Gasteiger partial charge is 0.468 e. The molecule has 36 heavy (non-hydrogen) atoms. The molecule has 0 radical (unpaired) electrons. The van der Waals surface area contributed by atoms with Gasteiger partial charge in [-0.1, -0.05) is 30.3 Å². The molecular weight excluding hydrogens is 454 g/mol. The topological polar surface area (TPSA) is 90.7 Å². The van der Waals surface area contributed by atoms with Gasteiger partial charge in [-0.25, -0.2) is 0 Å². The quantitative estimate of drug-likeness (QED) is 0.470. The van der Waals surface area contributed by atoms with E-state index in [1.54, 1.807) is 47.4 Å². The van der Waals surface area contributed by atoms with Crippen molar-refractivity contribution >= 4 is 29.2 Å². The fraction of sp³-hybridized carbons (Fsp3) is 0.241. The molecule has 4 rings (SSSR count). The molecule has 7 nitrogen and oxygen atoms in total. The van der Waals surface area contributed by atoms with Gasteiger partial charge in [0.15, 0.2) is 0 Å². The van der Waals surface area contributed by atoms with E-state index in [0.29, 0.717) is 36.2 Å². The van der Waals surface area contributed by atoms with Crippen LogP contribution in [0.2, 0.25) is 0 Å². The summed E-state index contributed by atoms with van der Waals surface area (Å²) >= 11 is 0. The van der Waals surface area contributed by atoms with E-state index in [2.05, 4.69) is 6.07 Å². The molecule has 0 atom stereocenters. The van der Waals surface area contributed by atoms with Crippen LogP contribution in [0.5, 0.6) is 0 Å². The van der Waals surface area contributed by atoms with Crippen LogP contribution >= 0.6 is 0 Å². The minimum Gasteiger partial charge on any atom is -0.468 e. The fourth-order valence-electron chi connectivity index (χ4n) is 4.36. The smallest absolute Gasteiger partial charge is 0.325 e. The van der Waals surface area contributed by atoms with Crippen LogP contribution in [0, 0.1) is 11.3 Å². The maximum atomic E-state index is 13.4. The number of para-hydroxylation sites is 1. The molecule has 3 aromatic carbocycles. The van der Waals surface area contributed by atoms with Gasteiger partial charge in [-0.3, -0.25) is 19.3 Å². The SMILES string of the molecule is COC(=O)CN(C(=O)c1ccc2c(c1)CCCN2C(=O)CCc1ccc(C#N)cc1)c1ccccc1. The molecule has 0 N–H and O–H groups in total. The highest BCUT2D eigenvalue weighted by Gasteiger charge is 2.26. The van der Waals surface area contributed by atoms with E-state index in [1.165, 1.54) is 12.0 Å². The third-order valence-electron chi connectivity index (χ3n) is 6.28. The number of methoxy groups -OCH3 is 1. The number of benzene rings is 3. The van der Waals surface area contributed by atoms with Crippen LogP contribution in [0.25, 0.3) is 0 Å².